The molecule has 2 heterocycles. The number of rotatable bonds is 4. The molecular weight excluding hydrogens is 288 g/mol. The molecule has 6 heteroatoms. The van der Waals surface area contributed by atoms with Crippen molar-refractivity contribution in [2.24, 2.45) is 11.8 Å². The molecule has 1 aliphatic rings. The molecule has 1 aromatic rings. The minimum atomic E-state index is -0.814. The van der Waals surface area contributed by atoms with Crippen molar-refractivity contribution in [1.82, 2.24) is 10.2 Å². The van der Waals surface area contributed by atoms with E-state index in [1.807, 2.05) is 17.5 Å². The van der Waals surface area contributed by atoms with Crippen LogP contribution in [-0.2, 0) is 4.79 Å². The lowest BCUT2D eigenvalue weighted by atomic mass is 9.98. The number of amides is 2. The van der Waals surface area contributed by atoms with Gasteiger partial charge in [-0.3, -0.25) is 4.79 Å². The number of carbonyl (C=O) groups excluding carboxylic acids is 1. The summed E-state index contributed by atoms with van der Waals surface area (Å²) in [6.07, 6.45) is 1.40. The molecule has 1 fully saturated rings. The SMILES string of the molecule is CC(C)C(NC(=O)N1CCC[C@H](C(=O)O)C1)c1cccs1. The van der Waals surface area contributed by atoms with Crippen LogP contribution in [0.5, 0.6) is 0 Å². The first-order valence-corrected chi connectivity index (χ1v) is 8.18. The predicted octanol–water partition coefficient (Wildman–Crippen LogP) is 2.95. The number of nitrogens with one attached hydrogen (secondary N) is 1. The van der Waals surface area contributed by atoms with Crippen molar-refractivity contribution in [3.8, 4) is 0 Å². The number of thiophene rings is 1. The maximum absolute atomic E-state index is 12.4. The average Bonchev–Trinajstić information content (AvgIpc) is 2.98. The standard InChI is InChI=1S/C15H22N2O3S/c1-10(2)13(12-6-4-8-21-12)16-15(20)17-7-3-5-11(9-17)14(18)19/h4,6,8,10-11,13H,3,5,7,9H2,1-2H3,(H,16,20)(H,18,19)/t11-,13?/m0/s1. The summed E-state index contributed by atoms with van der Waals surface area (Å²) in [6, 6.07) is 3.81. The number of urea groups is 1. The van der Waals surface area contributed by atoms with Crippen LogP contribution in [0.15, 0.2) is 17.5 Å². The molecule has 0 saturated carbocycles. The number of carbonyl (C=O) groups is 2. The van der Waals surface area contributed by atoms with E-state index in [9.17, 15) is 9.59 Å². The third kappa shape index (κ3) is 3.97. The predicted molar refractivity (Wildman–Crippen MR) is 82.4 cm³/mol. The minimum Gasteiger partial charge on any atom is -0.481 e. The molecule has 0 radical (unpaired) electrons. The van der Waals surface area contributed by atoms with Gasteiger partial charge >= 0.3 is 12.0 Å². The van der Waals surface area contributed by atoms with Crippen molar-refractivity contribution >= 4 is 23.3 Å². The van der Waals surface area contributed by atoms with E-state index in [4.69, 9.17) is 5.11 Å². The molecule has 116 valence electrons. The van der Waals surface area contributed by atoms with E-state index < -0.39 is 11.9 Å². The van der Waals surface area contributed by atoms with E-state index in [0.29, 0.717) is 19.5 Å². The van der Waals surface area contributed by atoms with Crippen molar-refractivity contribution in [3.05, 3.63) is 22.4 Å². The van der Waals surface area contributed by atoms with Crippen LogP contribution >= 0.6 is 11.3 Å². The van der Waals surface area contributed by atoms with Gasteiger partial charge < -0.3 is 15.3 Å². The van der Waals surface area contributed by atoms with Crippen LogP contribution in [0.2, 0.25) is 0 Å². The summed E-state index contributed by atoms with van der Waals surface area (Å²) < 4.78 is 0. The maximum Gasteiger partial charge on any atom is 0.317 e. The summed E-state index contributed by atoms with van der Waals surface area (Å²) in [6.45, 7) is 5.07. The van der Waals surface area contributed by atoms with E-state index >= 15 is 0 Å². The van der Waals surface area contributed by atoms with Gasteiger partial charge in [-0.05, 0) is 30.2 Å². The van der Waals surface area contributed by atoms with Crippen LogP contribution in [0.3, 0.4) is 0 Å². The third-order valence-electron chi connectivity index (χ3n) is 3.85. The minimum absolute atomic E-state index is 0.0253. The summed E-state index contributed by atoms with van der Waals surface area (Å²) in [4.78, 5) is 26.2. The highest BCUT2D eigenvalue weighted by atomic mass is 32.1. The van der Waals surface area contributed by atoms with E-state index in [0.717, 1.165) is 11.3 Å². The molecule has 0 bridgehead atoms. The van der Waals surface area contributed by atoms with Gasteiger partial charge in [-0.1, -0.05) is 19.9 Å². The third-order valence-corrected chi connectivity index (χ3v) is 4.81. The van der Waals surface area contributed by atoms with Gasteiger partial charge in [-0.25, -0.2) is 4.79 Å². The normalized spacial score (nSPS) is 20.3. The molecule has 2 N–H and O–H groups in total. The van der Waals surface area contributed by atoms with Crippen molar-refractivity contribution in [2.45, 2.75) is 32.7 Å². The Labute approximate surface area is 129 Å². The Bertz CT molecular complexity index is 487. The first-order valence-electron chi connectivity index (χ1n) is 7.30. The molecule has 0 aromatic carbocycles. The molecule has 5 nitrogen and oxygen atoms in total. The molecule has 1 aromatic heterocycles. The quantitative estimate of drug-likeness (QED) is 0.898. The molecule has 1 unspecified atom stereocenters. The average molecular weight is 310 g/mol. The van der Waals surface area contributed by atoms with Crippen LogP contribution in [0.25, 0.3) is 0 Å². The van der Waals surface area contributed by atoms with E-state index in [-0.39, 0.29) is 18.0 Å². The second-order valence-corrected chi connectivity index (χ2v) is 6.79. The zero-order valence-electron chi connectivity index (χ0n) is 12.4. The van der Waals surface area contributed by atoms with Gasteiger partial charge in [0.2, 0.25) is 0 Å². The van der Waals surface area contributed by atoms with Gasteiger partial charge in [0.1, 0.15) is 0 Å². The van der Waals surface area contributed by atoms with Crippen LogP contribution in [0.4, 0.5) is 4.79 Å². The Kier molecular flexibility index (Phi) is 5.22. The highest BCUT2D eigenvalue weighted by molar-refractivity contribution is 7.10. The topological polar surface area (TPSA) is 69.6 Å². The van der Waals surface area contributed by atoms with E-state index in [1.165, 1.54) is 0 Å². The molecule has 1 saturated heterocycles. The van der Waals surface area contributed by atoms with E-state index in [1.54, 1.807) is 16.2 Å². The monoisotopic (exact) mass is 310 g/mol. The molecule has 2 rings (SSSR count). The zero-order valence-corrected chi connectivity index (χ0v) is 13.2. The number of hydrogen-bond acceptors (Lipinski definition) is 3. The molecule has 2 amide bonds. The lowest BCUT2D eigenvalue weighted by molar-refractivity contribution is -0.143. The summed E-state index contributed by atoms with van der Waals surface area (Å²) in [5.41, 5.74) is 0. The Hall–Kier alpha value is -1.56. The van der Waals surface area contributed by atoms with Crippen LogP contribution in [0, 0.1) is 11.8 Å². The number of aliphatic carboxylic acids is 1. The van der Waals surface area contributed by atoms with Crippen molar-refractivity contribution in [1.29, 1.82) is 0 Å². The maximum atomic E-state index is 12.4. The highest BCUT2D eigenvalue weighted by Crippen LogP contribution is 2.26. The summed E-state index contributed by atoms with van der Waals surface area (Å²) in [5, 5.41) is 14.2. The van der Waals surface area contributed by atoms with Crippen molar-refractivity contribution in [2.75, 3.05) is 13.1 Å². The van der Waals surface area contributed by atoms with Gasteiger partial charge in [-0.2, -0.15) is 0 Å². The largest absolute Gasteiger partial charge is 0.481 e. The molecular formula is C15H22N2O3S. The van der Waals surface area contributed by atoms with Crippen molar-refractivity contribution < 1.29 is 14.7 Å². The van der Waals surface area contributed by atoms with Crippen LogP contribution in [-0.4, -0.2) is 35.1 Å². The summed E-state index contributed by atoms with van der Waals surface area (Å²) in [7, 11) is 0. The molecule has 0 aliphatic carbocycles. The Morgan fingerprint density at radius 3 is 2.81 bits per heavy atom. The van der Waals surface area contributed by atoms with Crippen molar-refractivity contribution in [3.63, 3.8) is 0 Å². The molecule has 21 heavy (non-hydrogen) atoms. The Morgan fingerprint density at radius 1 is 1.48 bits per heavy atom. The van der Waals surface area contributed by atoms with Gasteiger partial charge in [0.15, 0.2) is 0 Å². The number of nitrogens with zero attached hydrogens (tertiary/aromatic N) is 1. The fourth-order valence-electron chi connectivity index (χ4n) is 2.62. The Balaban J connectivity index is 2.00. The Morgan fingerprint density at radius 2 is 2.24 bits per heavy atom. The van der Waals surface area contributed by atoms with E-state index in [2.05, 4.69) is 19.2 Å². The van der Waals surface area contributed by atoms with Gasteiger partial charge in [0, 0.05) is 18.0 Å². The number of carboxylic acid groups (broad SMARTS) is 1. The summed E-state index contributed by atoms with van der Waals surface area (Å²) >= 11 is 1.63. The highest BCUT2D eigenvalue weighted by Gasteiger charge is 2.29. The van der Waals surface area contributed by atoms with Crippen LogP contribution in [0.1, 0.15) is 37.6 Å². The number of carboxylic acids is 1. The van der Waals surface area contributed by atoms with Gasteiger partial charge in [0.05, 0.1) is 12.0 Å². The first kappa shape index (κ1) is 15.8. The molecule has 2 atom stereocenters. The smallest absolute Gasteiger partial charge is 0.317 e. The lowest BCUT2D eigenvalue weighted by Gasteiger charge is -2.33. The molecule has 0 spiro atoms. The second-order valence-electron chi connectivity index (χ2n) is 5.81. The zero-order chi connectivity index (χ0) is 15.4. The number of piperidine rings is 1. The number of hydrogen-bond donors (Lipinski definition) is 2. The first-order chi connectivity index (χ1) is 9.99. The van der Waals surface area contributed by atoms with Crippen LogP contribution < -0.4 is 5.32 Å². The van der Waals surface area contributed by atoms with Gasteiger partial charge in [-0.15, -0.1) is 11.3 Å². The summed E-state index contributed by atoms with van der Waals surface area (Å²) in [5.74, 6) is -0.970. The number of likely N-dealkylation sites (tertiary alicyclic amines) is 1. The fraction of sp³-hybridized carbons (Fsp3) is 0.600. The second kappa shape index (κ2) is 6.93. The molecule has 1 aliphatic heterocycles. The van der Waals surface area contributed by atoms with Gasteiger partial charge in [0.25, 0.3) is 0 Å². The lowest BCUT2D eigenvalue weighted by Crippen LogP contribution is -2.48. The fourth-order valence-corrected chi connectivity index (χ4v) is 3.57.